The molecule has 9 heteroatoms. The Balaban J connectivity index is 1.55. The van der Waals surface area contributed by atoms with Crippen molar-refractivity contribution in [3.63, 3.8) is 0 Å². The molecule has 0 bridgehead atoms. The molecule has 1 N–H and O–H groups in total. The van der Waals surface area contributed by atoms with Gasteiger partial charge in [-0.05, 0) is 15.9 Å². The average Bonchev–Trinajstić information content (AvgIpc) is 2.95. The molecule has 1 fully saturated rings. The lowest BCUT2D eigenvalue weighted by atomic mass is 10.0. The topological polar surface area (TPSA) is 85.2 Å². The molecule has 7 nitrogen and oxygen atoms in total. The summed E-state index contributed by atoms with van der Waals surface area (Å²) in [6.45, 7) is 1.47. The van der Waals surface area contributed by atoms with Crippen molar-refractivity contribution in [3.8, 4) is 12.3 Å². The maximum atomic E-state index is 12.4. The molecule has 1 aromatic rings. The van der Waals surface area contributed by atoms with Crippen LogP contribution >= 0.6 is 27.3 Å². The Morgan fingerprint density at radius 1 is 1.43 bits per heavy atom. The number of rotatable bonds is 7. The van der Waals surface area contributed by atoms with Crippen LogP contribution in [0.15, 0.2) is 14.1 Å². The lowest BCUT2D eigenvalue weighted by molar-refractivity contribution is -0.0473. The van der Waals surface area contributed by atoms with Gasteiger partial charge in [0.25, 0.3) is 5.91 Å². The smallest absolute Gasteiger partial charge is 0.263 e. The molecule has 3 rings (SSSR count). The number of hydrogen-bond acceptors (Lipinski definition) is 7. The minimum absolute atomic E-state index is 0.199. The first-order chi connectivity index (χ1) is 11.1. The van der Waals surface area contributed by atoms with E-state index in [-0.39, 0.29) is 5.91 Å². The van der Waals surface area contributed by atoms with Gasteiger partial charge >= 0.3 is 0 Å². The minimum Gasteiger partial charge on any atom is -0.351 e. The van der Waals surface area contributed by atoms with Crippen LogP contribution in [-0.4, -0.2) is 36.3 Å². The summed E-state index contributed by atoms with van der Waals surface area (Å²) in [7, 11) is 0. The van der Waals surface area contributed by atoms with Crippen LogP contribution in [0.4, 0.5) is 0 Å². The van der Waals surface area contributed by atoms with Gasteiger partial charge in [0.15, 0.2) is 9.58 Å². The van der Waals surface area contributed by atoms with Crippen LogP contribution in [0.1, 0.15) is 40.9 Å². The first-order valence-corrected chi connectivity index (χ1v) is 8.80. The second-order valence-electron chi connectivity index (χ2n) is 5.15. The van der Waals surface area contributed by atoms with Crippen LogP contribution in [0.3, 0.4) is 0 Å². The SMILES string of the molecule is C#CCCC1(CCNC(=O)c2sc(Br)nc2C2OCCO2)N=N1. The van der Waals surface area contributed by atoms with Crippen molar-refractivity contribution in [2.24, 2.45) is 10.2 Å². The summed E-state index contributed by atoms with van der Waals surface area (Å²) < 4.78 is 11.5. The zero-order chi connectivity index (χ0) is 16.3. The predicted octanol–water partition coefficient (Wildman–Crippen LogP) is 2.65. The van der Waals surface area contributed by atoms with E-state index in [2.05, 4.69) is 42.4 Å². The van der Waals surface area contributed by atoms with E-state index in [4.69, 9.17) is 15.9 Å². The normalized spacial score (nSPS) is 18.8. The third-order valence-electron chi connectivity index (χ3n) is 3.54. The largest absolute Gasteiger partial charge is 0.351 e. The third-order valence-corrected chi connectivity index (χ3v) is 5.06. The van der Waals surface area contributed by atoms with Gasteiger partial charge in [0.2, 0.25) is 6.29 Å². The first-order valence-electron chi connectivity index (χ1n) is 7.19. The molecule has 3 heterocycles. The van der Waals surface area contributed by atoms with Gasteiger partial charge in [0.1, 0.15) is 10.6 Å². The number of ether oxygens (including phenoxy) is 2. The molecule has 1 saturated heterocycles. The van der Waals surface area contributed by atoms with Crippen LogP contribution in [0.25, 0.3) is 0 Å². The standard InChI is InChI=1S/C14H15BrN4O3S/c1-2-3-4-14(18-19-14)5-6-16-11(20)10-9(17-13(15)23-10)12-21-7-8-22-12/h1,12H,3-8H2,(H,16,20). The minimum atomic E-state index is -0.575. The molecule has 1 amide bonds. The van der Waals surface area contributed by atoms with Crippen LogP contribution in [0.2, 0.25) is 0 Å². The Morgan fingerprint density at radius 2 is 2.17 bits per heavy atom. The Hall–Kier alpha value is -1.34. The number of thiazole rings is 1. The molecule has 0 aliphatic carbocycles. The summed E-state index contributed by atoms with van der Waals surface area (Å²) in [5, 5.41) is 11.0. The van der Waals surface area contributed by atoms with E-state index >= 15 is 0 Å². The number of amides is 1. The summed E-state index contributed by atoms with van der Waals surface area (Å²) in [6.07, 6.45) is 6.68. The van der Waals surface area contributed by atoms with Crippen molar-refractivity contribution in [2.45, 2.75) is 31.2 Å². The predicted molar refractivity (Wildman–Crippen MR) is 87.1 cm³/mol. The maximum Gasteiger partial charge on any atom is 0.263 e. The lowest BCUT2D eigenvalue weighted by Gasteiger charge is -2.11. The number of halogens is 1. The molecule has 0 aromatic carbocycles. The Labute approximate surface area is 146 Å². The van der Waals surface area contributed by atoms with Crippen molar-refractivity contribution in [1.82, 2.24) is 10.3 Å². The number of nitrogens with one attached hydrogen (secondary N) is 1. The maximum absolute atomic E-state index is 12.4. The van der Waals surface area contributed by atoms with Crippen molar-refractivity contribution < 1.29 is 14.3 Å². The van der Waals surface area contributed by atoms with Gasteiger partial charge in [0, 0.05) is 25.8 Å². The zero-order valence-electron chi connectivity index (χ0n) is 12.2. The molecule has 1 aromatic heterocycles. The van der Waals surface area contributed by atoms with Gasteiger partial charge < -0.3 is 14.8 Å². The molecule has 2 aliphatic rings. The second-order valence-corrected chi connectivity index (χ2v) is 7.42. The fourth-order valence-corrected chi connectivity index (χ4v) is 3.67. The Morgan fingerprint density at radius 3 is 2.83 bits per heavy atom. The molecule has 0 unspecified atom stereocenters. The van der Waals surface area contributed by atoms with E-state index in [1.165, 1.54) is 11.3 Å². The fourth-order valence-electron chi connectivity index (χ4n) is 2.27. The third kappa shape index (κ3) is 3.95. The molecule has 122 valence electrons. The number of carbonyl (C=O) groups excluding carboxylic acids is 1. The van der Waals surface area contributed by atoms with E-state index in [0.717, 1.165) is 6.42 Å². The lowest BCUT2D eigenvalue weighted by Crippen LogP contribution is -2.28. The van der Waals surface area contributed by atoms with Crippen LogP contribution in [-0.2, 0) is 9.47 Å². The quantitative estimate of drug-likeness (QED) is 0.715. The van der Waals surface area contributed by atoms with E-state index < -0.39 is 12.0 Å². The number of nitrogens with zero attached hydrogens (tertiary/aromatic N) is 3. The summed E-state index contributed by atoms with van der Waals surface area (Å²) in [5.41, 5.74) is 0.119. The van der Waals surface area contributed by atoms with E-state index in [1.807, 2.05) is 0 Å². The van der Waals surface area contributed by atoms with Gasteiger partial charge in [-0.25, -0.2) is 4.98 Å². The van der Waals surface area contributed by atoms with Crippen molar-refractivity contribution >= 4 is 33.2 Å². The van der Waals surface area contributed by atoms with Crippen molar-refractivity contribution in [2.75, 3.05) is 19.8 Å². The zero-order valence-corrected chi connectivity index (χ0v) is 14.7. The van der Waals surface area contributed by atoms with Gasteiger partial charge in [-0.2, -0.15) is 10.2 Å². The molecular weight excluding hydrogens is 384 g/mol. The molecule has 0 saturated carbocycles. The number of aromatic nitrogens is 1. The monoisotopic (exact) mass is 398 g/mol. The summed E-state index contributed by atoms with van der Waals surface area (Å²) in [4.78, 5) is 17.2. The highest BCUT2D eigenvalue weighted by Crippen LogP contribution is 2.36. The van der Waals surface area contributed by atoms with E-state index in [0.29, 0.717) is 47.1 Å². The molecule has 2 aliphatic heterocycles. The van der Waals surface area contributed by atoms with Crippen molar-refractivity contribution in [3.05, 3.63) is 14.5 Å². The van der Waals surface area contributed by atoms with Gasteiger partial charge in [-0.1, -0.05) is 0 Å². The van der Waals surface area contributed by atoms with E-state index in [9.17, 15) is 4.79 Å². The Bertz CT molecular complexity index is 657. The van der Waals surface area contributed by atoms with Crippen LogP contribution in [0.5, 0.6) is 0 Å². The number of carbonyl (C=O) groups is 1. The molecule has 0 spiro atoms. The second kappa shape index (κ2) is 7.05. The van der Waals surface area contributed by atoms with Gasteiger partial charge in [0.05, 0.1) is 13.2 Å². The summed E-state index contributed by atoms with van der Waals surface area (Å²) in [6, 6.07) is 0. The van der Waals surface area contributed by atoms with E-state index in [1.54, 1.807) is 0 Å². The Kier molecular flexibility index (Phi) is 5.06. The molecular formula is C14H15BrN4O3S. The molecule has 0 radical (unpaired) electrons. The summed E-state index contributed by atoms with van der Waals surface area (Å²) in [5.74, 6) is 2.38. The highest BCUT2D eigenvalue weighted by atomic mass is 79.9. The van der Waals surface area contributed by atoms with Gasteiger partial charge in [-0.15, -0.1) is 23.7 Å². The highest BCUT2D eigenvalue weighted by molar-refractivity contribution is 9.11. The molecule has 23 heavy (non-hydrogen) atoms. The van der Waals surface area contributed by atoms with Crippen molar-refractivity contribution in [1.29, 1.82) is 0 Å². The average molecular weight is 399 g/mol. The van der Waals surface area contributed by atoms with Crippen LogP contribution in [0, 0.1) is 12.3 Å². The fraction of sp³-hybridized carbons (Fsp3) is 0.571. The number of hydrogen-bond donors (Lipinski definition) is 1. The van der Waals surface area contributed by atoms with Crippen LogP contribution < -0.4 is 5.32 Å². The highest BCUT2D eigenvalue weighted by Gasteiger charge is 2.38. The van der Waals surface area contributed by atoms with Gasteiger partial charge in [-0.3, -0.25) is 4.79 Å². The molecule has 0 atom stereocenters. The summed E-state index contributed by atoms with van der Waals surface area (Å²) >= 11 is 4.56. The number of terminal acetylenes is 1. The first kappa shape index (κ1) is 16.5.